The minimum absolute atomic E-state index is 0.174. The van der Waals surface area contributed by atoms with Crippen molar-refractivity contribution in [1.82, 2.24) is 10.1 Å². The lowest BCUT2D eigenvalue weighted by atomic mass is 10.1. The highest BCUT2D eigenvalue weighted by Crippen LogP contribution is 2.32. The second-order valence-electron chi connectivity index (χ2n) is 5.19. The van der Waals surface area contributed by atoms with Crippen LogP contribution in [-0.2, 0) is 11.2 Å². The van der Waals surface area contributed by atoms with E-state index in [1.807, 2.05) is 12.3 Å². The summed E-state index contributed by atoms with van der Waals surface area (Å²) in [4.78, 5) is 16.6. The van der Waals surface area contributed by atoms with E-state index >= 15 is 0 Å². The van der Waals surface area contributed by atoms with Crippen molar-refractivity contribution in [2.45, 2.75) is 20.3 Å². The van der Waals surface area contributed by atoms with Crippen LogP contribution in [0.3, 0.4) is 0 Å². The Morgan fingerprint density at radius 1 is 1.33 bits per heavy atom. The number of aryl methyl sites for hydroxylation is 2. The van der Waals surface area contributed by atoms with E-state index in [1.165, 1.54) is 11.3 Å². The van der Waals surface area contributed by atoms with Crippen molar-refractivity contribution in [3.8, 4) is 11.3 Å². The summed E-state index contributed by atoms with van der Waals surface area (Å²) < 4.78 is 5.06. The van der Waals surface area contributed by atoms with E-state index in [4.69, 9.17) is 27.7 Å². The maximum absolute atomic E-state index is 12.2. The number of thiazole rings is 1. The van der Waals surface area contributed by atoms with Gasteiger partial charge in [-0.05, 0) is 32.0 Å². The van der Waals surface area contributed by atoms with E-state index < -0.39 is 0 Å². The van der Waals surface area contributed by atoms with Gasteiger partial charge in [-0.1, -0.05) is 28.4 Å². The van der Waals surface area contributed by atoms with E-state index in [0.717, 1.165) is 16.8 Å². The van der Waals surface area contributed by atoms with Gasteiger partial charge in [0, 0.05) is 21.5 Å². The molecule has 8 heteroatoms. The van der Waals surface area contributed by atoms with Crippen molar-refractivity contribution in [2.75, 3.05) is 5.32 Å². The second-order valence-corrected chi connectivity index (χ2v) is 6.89. The van der Waals surface area contributed by atoms with E-state index in [2.05, 4.69) is 15.5 Å². The Hall–Kier alpha value is -1.89. The zero-order valence-corrected chi connectivity index (χ0v) is 15.2. The monoisotopic (exact) mass is 381 g/mol. The number of nitrogens with one attached hydrogen (secondary N) is 1. The van der Waals surface area contributed by atoms with Crippen molar-refractivity contribution in [3.05, 3.63) is 50.6 Å². The van der Waals surface area contributed by atoms with Crippen molar-refractivity contribution < 1.29 is 9.32 Å². The smallest absolute Gasteiger partial charge is 0.230 e. The fourth-order valence-electron chi connectivity index (χ4n) is 2.23. The van der Waals surface area contributed by atoms with Gasteiger partial charge >= 0.3 is 0 Å². The third-order valence-electron chi connectivity index (χ3n) is 3.48. The number of carbonyl (C=O) groups is 1. The quantitative estimate of drug-likeness (QED) is 0.697. The van der Waals surface area contributed by atoms with Gasteiger partial charge in [0.15, 0.2) is 5.13 Å². The summed E-state index contributed by atoms with van der Waals surface area (Å²) in [6.45, 7) is 3.59. The summed E-state index contributed by atoms with van der Waals surface area (Å²) in [6.07, 6.45) is 0.192. The highest BCUT2D eigenvalue weighted by atomic mass is 35.5. The summed E-state index contributed by atoms with van der Waals surface area (Å²) in [7, 11) is 0. The van der Waals surface area contributed by atoms with Crippen molar-refractivity contribution in [1.29, 1.82) is 0 Å². The lowest BCUT2D eigenvalue weighted by molar-refractivity contribution is -0.115. The minimum Gasteiger partial charge on any atom is -0.361 e. The fraction of sp³-hybridized carbons (Fsp3) is 0.188. The molecule has 3 aromatic rings. The van der Waals surface area contributed by atoms with Crippen LogP contribution < -0.4 is 5.32 Å². The van der Waals surface area contributed by atoms with Crippen LogP contribution in [-0.4, -0.2) is 16.0 Å². The number of hydrogen-bond donors (Lipinski definition) is 1. The zero-order valence-electron chi connectivity index (χ0n) is 12.9. The number of carbonyl (C=O) groups excluding carboxylic acids is 1. The third-order valence-corrected chi connectivity index (χ3v) is 4.78. The Kier molecular flexibility index (Phi) is 4.89. The third kappa shape index (κ3) is 3.61. The molecule has 1 N–H and O–H groups in total. The number of benzene rings is 1. The highest BCUT2D eigenvalue weighted by molar-refractivity contribution is 7.14. The predicted molar refractivity (Wildman–Crippen MR) is 95.9 cm³/mol. The summed E-state index contributed by atoms with van der Waals surface area (Å²) in [5, 5.41) is 10.0. The first-order chi connectivity index (χ1) is 11.4. The molecule has 2 heterocycles. The Morgan fingerprint density at radius 3 is 2.79 bits per heavy atom. The topological polar surface area (TPSA) is 68.0 Å². The molecule has 0 aliphatic carbocycles. The fourth-order valence-corrected chi connectivity index (χ4v) is 3.46. The largest absolute Gasteiger partial charge is 0.361 e. The summed E-state index contributed by atoms with van der Waals surface area (Å²) >= 11 is 13.4. The lowest BCUT2D eigenvalue weighted by Crippen LogP contribution is -2.15. The molecule has 124 valence electrons. The van der Waals surface area contributed by atoms with Gasteiger partial charge in [-0.15, -0.1) is 11.3 Å². The Balaban J connectivity index is 1.73. The van der Waals surface area contributed by atoms with Gasteiger partial charge in [0.05, 0.1) is 22.8 Å². The van der Waals surface area contributed by atoms with E-state index in [9.17, 15) is 4.79 Å². The molecule has 0 saturated heterocycles. The second kappa shape index (κ2) is 6.93. The molecule has 0 aliphatic rings. The van der Waals surface area contributed by atoms with Crippen molar-refractivity contribution in [3.63, 3.8) is 0 Å². The Bertz CT molecular complexity index is 885. The molecule has 0 unspecified atom stereocenters. The summed E-state index contributed by atoms with van der Waals surface area (Å²) in [6, 6.07) is 5.21. The van der Waals surface area contributed by atoms with Gasteiger partial charge in [-0.3, -0.25) is 4.79 Å². The molecule has 2 aromatic heterocycles. The number of anilines is 1. The maximum Gasteiger partial charge on any atom is 0.230 e. The molecule has 5 nitrogen and oxygen atoms in total. The number of aromatic nitrogens is 2. The molecule has 24 heavy (non-hydrogen) atoms. The number of amides is 1. The predicted octanol–water partition coefficient (Wildman–Crippen LogP) is 4.90. The minimum atomic E-state index is -0.174. The van der Waals surface area contributed by atoms with Crippen LogP contribution in [0.4, 0.5) is 5.13 Å². The van der Waals surface area contributed by atoms with Gasteiger partial charge in [0.25, 0.3) is 0 Å². The van der Waals surface area contributed by atoms with Gasteiger partial charge in [0.1, 0.15) is 5.76 Å². The van der Waals surface area contributed by atoms with Crippen LogP contribution in [0.1, 0.15) is 17.0 Å². The zero-order chi connectivity index (χ0) is 17.3. The average molecular weight is 382 g/mol. The molecule has 0 saturated carbocycles. The molecular weight excluding hydrogens is 369 g/mol. The molecule has 1 aromatic carbocycles. The van der Waals surface area contributed by atoms with Gasteiger partial charge in [0.2, 0.25) is 5.91 Å². The molecule has 0 atom stereocenters. The SMILES string of the molecule is Cc1noc(C)c1CC(=O)Nc1nc(-c2ccc(Cl)cc2Cl)cs1. The number of nitrogens with zero attached hydrogens (tertiary/aromatic N) is 2. The molecular formula is C16H13Cl2N3O2S. The van der Waals surface area contributed by atoms with E-state index in [-0.39, 0.29) is 12.3 Å². The van der Waals surface area contributed by atoms with Crippen molar-refractivity contribution >= 4 is 45.6 Å². The van der Waals surface area contributed by atoms with Crippen molar-refractivity contribution in [2.24, 2.45) is 0 Å². The Morgan fingerprint density at radius 2 is 2.12 bits per heavy atom. The van der Waals surface area contributed by atoms with Crippen LogP contribution in [0.15, 0.2) is 28.1 Å². The molecule has 0 radical (unpaired) electrons. The van der Waals surface area contributed by atoms with Gasteiger partial charge in [-0.25, -0.2) is 4.98 Å². The van der Waals surface area contributed by atoms with E-state index in [1.54, 1.807) is 25.1 Å². The molecule has 0 spiro atoms. The average Bonchev–Trinajstić information content (AvgIpc) is 3.09. The van der Waals surface area contributed by atoms with E-state index in [0.29, 0.717) is 26.6 Å². The van der Waals surface area contributed by atoms with Crippen LogP contribution >= 0.6 is 34.5 Å². The maximum atomic E-state index is 12.2. The Labute approximate surface area is 152 Å². The molecule has 3 rings (SSSR count). The number of hydrogen-bond acceptors (Lipinski definition) is 5. The lowest BCUT2D eigenvalue weighted by Gasteiger charge is -2.02. The first-order valence-electron chi connectivity index (χ1n) is 7.06. The molecule has 0 fully saturated rings. The van der Waals surface area contributed by atoms with Crippen LogP contribution in [0.2, 0.25) is 10.0 Å². The summed E-state index contributed by atoms with van der Waals surface area (Å²) in [5.41, 5.74) is 2.97. The number of rotatable bonds is 4. The van der Waals surface area contributed by atoms with Crippen LogP contribution in [0.25, 0.3) is 11.3 Å². The number of halogens is 2. The van der Waals surface area contributed by atoms with Crippen LogP contribution in [0.5, 0.6) is 0 Å². The normalized spacial score (nSPS) is 10.8. The standard InChI is InChI=1S/C16H13Cl2N3O2S/c1-8-12(9(2)23-21-8)6-15(22)20-16-19-14(7-24-16)11-4-3-10(17)5-13(11)18/h3-5,7H,6H2,1-2H3,(H,19,20,22). The van der Waals surface area contributed by atoms with Gasteiger partial charge in [-0.2, -0.15) is 0 Å². The first-order valence-corrected chi connectivity index (χ1v) is 8.70. The van der Waals surface area contributed by atoms with Crippen LogP contribution in [0, 0.1) is 13.8 Å². The highest BCUT2D eigenvalue weighted by Gasteiger charge is 2.15. The molecule has 0 bridgehead atoms. The molecule has 0 aliphatic heterocycles. The van der Waals surface area contributed by atoms with Gasteiger partial charge < -0.3 is 9.84 Å². The molecule has 1 amide bonds. The first kappa shape index (κ1) is 17.0. The summed E-state index contributed by atoms with van der Waals surface area (Å²) in [5.74, 6) is 0.475.